The highest BCUT2D eigenvalue weighted by Gasteiger charge is 2.23. The highest BCUT2D eigenvalue weighted by molar-refractivity contribution is 7.12. The fourth-order valence-electron chi connectivity index (χ4n) is 1.78. The summed E-state index contributed by atoms with van der Waals surface area (Å²) in [6.07, 6.45) is 3.11. The second-order valence-electron chi connectivity index (χ2n) is 3.59. The summed E-state index contributed by atoms with van der Waals surface area (Å²) < 4.78 is 5.57. The molecule has 1 fully saturated rings. The first kappa shape index (κ1) is 10.4. The largest absolute Gasteiger partial charge is 0.477 e. The van der Waals surface area contributed by atoms with Crippen molar-refractivity contribution in [3.8, 4) is 0 Å². The number of nitrogen functional groups attached to an aromatic ring is 1. The minimum absolute atomic E-state index is 0.0110. The van der Waals surface area contributed by atoms with Gasteiger partial charge in [0.05, 0.1) is 11.8 Å². The lowest BCUT2D eigenvalue weighted by atomic mass is 10.0. The summed E-state index contributed by atoms with van der Waals surface area (Å²) in [6, 6.07) is 0. The van der Waals surface area contributed by atoms with E-state index in [0.717, 1.165) is 31.4 Å². The van der Waals surface area contributed by atoms with Crippen molar-refractivity contribution in [2.45, 2.75) is 25.4 Å². The molecule has 2 heterocycles. The number of rotatable bonds is 2. The van der Waals surface area contributed by atoms with Gasteiger partial charge in [0.2, 0.25) is 0 Å². The van der Waals surface area contributed by atoms with Gasteiger partial charge >= 0.3 is 5.97 Å². The van der Waals surface area contributed by atoms with Crippen LogP contribution in [-0.2, 0) is 4.74 Å². The molecule has 5 heteroatoms. The molecule has 0 spiro atoms. The molecule has 1 aromatic heterocycles. The normalized spacial score (nSPS) is 21.5. The monoisotopic (exact) mass is 227 g/mol. The summed E-state index contributed by atoms with van der Waals surface area (Å²) >= 11 is 1.17. The number of carboxylic acids is 1. The van der Waals surface area contributed by atoms with Crippen LogP contribution in [0.25, 0.3) is 0 Å². The first-order chi connectivity index (χ1) is 7.20. The average Bonchev–Trinajstić information content (AvgIpc) is 2.61. The molecule has 1 aliphatic heterocycles. The molecule has 0 saturated carbocycles. The summed E-state index contributed by atoms with van der Waals surface area (Å²) in [5.41, 5.74) is 7.00. The molecule has 0 radical (unpaired) electrons. The van der Waals surface area contributed by atoms with E-state index < -0.39 is 5.97 Å². The smallest absolute Gasteiger partial charge is 0.348 e. The molecule has 1 atom stereocenters. The van der Waals surface area contributed by atoms with E-state index in [1.807, 2.05) is 0 Å². The van der Waals surface area contributed by atoms with Gasteiger partial charge in [0, 0.05) is 12.2 Å². The number of carbonyl (C=O) groups is 1. The van der Waals surface area contributed by atoms with E-state index in [1.165, 1.54) is 11.3 Å². The van der Waals surface area contributed by atoms with Crippen molar-refractivity contribution in [2.75, 3.05) is 12.3 Å². The molecule has 0 aliphatic carbocycles. The summed E-state index contributed by atoms with van der Waals surface area (Å²) in [5.74, 6) is -0.959. The second-order valence-corrected chi connectivity index (χ2v) is 4.47. The van der Waals surface area contributed by atoms with Crippen LogP contribution in [-0.4, -0.2) is 17.7 Å². The van der Waals surface area contributed by atoms with Crippen molar-refractivity contribution in [3.63, 3.8) is 0 Å². The number of hydrogen-bond donors (Lipinski definition) is 2. The third-order valence-corrected chi connectivity index (χ3v) is 3.58. The molecule has 0 amide bonds. The fourth-order valence-corrected chi connectivity index (χ4v) is 2.65. The zero-order chi connectivity index (χ0) is 10.8. The molecule has 82 valence electrons. The van der Waals surface area contributed by atoms with E-state index in [2.05, 4.69) is 0 Å². The molecule has 4 nitrogen and oxygen atoms in total. The Hall–Kier alpha value is -1.07. The number of aromatic carboxylic acids is 1. The molecule has 0 aromatic carbocycles. The minimum Gasteiger partial charge on any atom is -0.477 e. The second kappa shape index (κ2) is 4.20. The van der Waals surface area contributed by atoms with Gasteiger partial charge in [0.1, 0.15) is 4.88 Å². The zero-order valence-electron chi connectivity index (χ0n) is 8.23. The Morgan fingerprint density at radius 3 is 2.93 bits per heavy atom. The number of thiophene rings is 1. The maximum Gasteiger partial charge on any atom is 0.348 e. The molecule has 2 rings (SSSR count). The van der Waals surface area contributed by atoms with Gasteiger partial charge in [-0.1, -0.05) is 0 Å². The first-order valence-electron chi connectivity index (χ1n) is 4.92. The maximum atomic E-state index is 10.8. The van der Waals surface area contributed by atoms with Crippen LogP contribution >= 0.6 is 11.3 Å². The van der Waals surface area contributed by atoms with E-state index in [-0.39, 0.29) is 11.0 Å². The molecular formula is C10H13NO3S. The Balaban J connectivity index is 2.24. The van der Waals surface area contributed by atoms with Crippen LogP contribution in [0, 0.1) is 0 Å². The third-order valence-electron chi connectivity index (χ3n) is 2.58. The van der Waals surface area contributed by atoms with Crippen LogP contribution < -0.4 is 5.73 Å². The molecule has 1 aliphatic rings. The molecule has 0 bridgehead atoms. The van der Waals surface area contributed by atoms with Crippen molar-refractivity contribution in [2.24, 2.45) is 0 Å². The highest BCUT2D eigenvalue weighted by Crippen LogP contribution is 2.36. The number of hydrogen-bond acceptors (Lipinski definition) is 4. The van der Waals surface area contributed by atoms with E-state index in [1.54, 1.807) is 5.38 Å². The van der Waals surface area contributed by atoms with Gasteiger partial charge < -0.3 is 15.6 Å². The molecule has 1 unspecified atom stereocenters. The SMILES string of the molecule is Nc1c(C2CCCCO2)csc1C(=O)O. The molecule has 15 heavy (non-hydrogen) atoms. The van der Waals surface area contributed by atoms with Gasteiger partial charge in [-0.2, -0.15) is 0 Å². The van der Waals surface area contributed by atoms with E-state index in [0.29, 0.717) is 5.69 Å². The highest BCUT2D eigenvalue weighted by atomic mass is 32.1. The van der Waals surface area contributed by atoms with Gasteiger partial charge in [0.15, 0.2) is 0 Å². The van der Waals surface area contributed by atoms with Crippen molar-refractivity contribution in [1.82, 2.24) is 0 Å². The van der Waals surface area contributed by atoms with Crippen LogP contribution in [0.2, 0.25) is 0 Å². The van der Waals surface area contributed by atoms with Crippen LogP contribution in [0.5, 0.6) is 0 Å². The van der Waals surface area contributed by atoms with E-state index in [4.69, 9.17) is 15.6 Å². The summed E-state index contributed by atoms with van der Waals surface area (Å²) in [4.78, 5) is 11.0. The van der Waals surface area contributed by atoms with Crippen LogP contribution in [0.15, 0.2) is 5.38 Å². The number of nitrogens with two attached hydrogens (primary N) is 1. The van der Waals surface area contributed by atoms with Crippen LogP contribution in [0.1, 0.15) is 40.6 Å². The third kappa shape index (κ3) is 1.98. The summed E-state index contributed by atoms with van der Waals surface area (Å²) in [5, 5.41) is 10.7. The number of carboxylic acid groups (broad SMARTS) is 1. The Bertz CT molecular complexity index is 369. The molecule has 1 aromatic rings. The fraction of sp³-hybridized carbons (Fsp3) is 0.500. The van der Waals surface area contributed by atoms with Crippen LogP contribution in [0.4, 0.5) is 5.69 Å². The van der Waals surface area contributed by atoms with E-state index >= 15 is 0 Å². The van der Waals surface area contributed by atoms with Gasteiger partial charge in [-0.3, -0.25) is 0 Å². The predicted molar refractivity (Wildman–Crippen MR) is 58.2 cm³/mol. The maximum absolute atomic E-state index is 10.8. The number of anilines is 1. The lowest BCUT2D eigenvalue weighted by Gasteiger charge is -2.22. The van der Waals surface area contributed by atoms with Gasteiger partial charge in [0.25, 0.3) is 0 Å². The van der Waals surface area contributed by atoms with Gasteiger partial charge in [-0.25, -0.2) is 4.79 Å². The summed E-state index contributed by atoms with van der Waals surface area (Å²) in [6.45, 7) is 0.738. The van der Waals surface area contributed by atoms with Gasteiger partial charge in [-0.15, -0.1) is 11.3 Å². The quantitative estimate of drug-likeness (QED) is 0.813. The van der Waals surface area contributed by atoms with E-state index in [9.17, 15) is 4.79 Å². The van der Waals surface area contributed by atoms with Crippen molar-refractivity contribution in [3.05, 3.63) is 15.8 Å². The Kier molecular flexibility index (Phi) is 2.93. The zero-order valence-corrected chi connectivity index (χ0v) is 9.05. The van der Waals surface area contributed by atoms with Crippen LogP contribution in [0.3, 0.4) is 0 Å². The van der Waals surface area contributed by atoms with Crippen molar-refractivity contribution >= 4 is 23.0 Å². The van der Waals surface area contributed by atoms with Crippen molar-refractivity contribution in [1.29, 1.82) is 0 Å². The van der Waals surface area contributed by atoms with Crippen molar-refractivity contribution < 1.29 is 14.6 Å². The molecule has 1 saturated heterocycles. The summed E-state index contributed by atoms with van der Waals surface area (Å²) in [7, 11) is 0. The Morgan fingerprint density at radius 1 is 1.60 bits per heavy atom. The molecular weight excluding hydrogens is 214 g/mol. The first-order valence-corrected chi connectivity index (χ1v) is 5.80. The topological polar surface area (TPSA) is 72.5 Å². The van der Waals surface area contributed by atoms with Gasteiger partial charge in [-0.05, 0) is 24.6 Å². The standard InChI is InChI=1S/C10H13NO3S/c11-8-6(5-15-9(8)10(12)13)7-3-1-2-4-14-7/h5,7H,1-4,11H2,(H,12,13). The lowest BCUT2D eigenvalue weighted by Crippen LogP contribution is -2.12. The Morgan fingerprint density at radius 2 is 2.40 bits per heavy atom. The average molecular weight is 227 g/mol. The predicted octanol–water partition coefficient (Wildman–Crippen LogP) is 2.27. The number of ether oxygens (including phenoxy) is 1. The molecule has 3 N–H and O–H groups in total. The minimum atomic E-state index is -0.959. The Labute approximate surface area is 91.7 Å². The lowest BCUT2D eigenvalue weighted by molar-refractivity contribution is 0.0156.